The SMILES string of the molecule is Fc1ccc([C@@H]2N=C(c3nccs3)N3C(=C2c2cnn(C(F)F)c2)CC2CCCC23)c(Cl)c1. The number of fused-ring (bicyclic) bond motifs is 3. The summed E-state index contributed by atoms with van der Waals surface area (Å²) >= 11 is 7.99. The van der Waals surface area contributed by atoms with Gasteiger partial charge in [-0.05, 0) is 42.9 Å². The zero-order chi connectivity index (χ0) is 22.7. The van der Waals surface area contributed by atoms with Crippen LogP contribution in [0.2, 0.25) is 5.02 Å². The molecule has 0 bridgehead atoms. The molecule has 6 rings (SSSR count). The molecule has 0 N–H and O–H groups in total. The predicted molar refractivity (Wildman–Crippen MR) is 121 cm³/mol. The van der Waals surface area contributed by atoms with Crippen LogP contribution in [-0.2, 0) is 0 Å². The van der Waals surface area contributed by atoms with E-state index in [-0.39, 0.29) is 5.02 Å². The number of thiazole rings is 1. The predicted octanol–water partition coefficient (Wildman–Crippen LogP) is 6.31. The molecule has 3 atom stereocenters. The molecule has 1 saturated carbocycles. The van der Waals surface area contributed by atoms with E-state index in [4.69, 9.17) is 16.6 Å². The Kier molecular flexibility index (Phi) is 5.06. The molecular formula is C23H19ClF3N5S. The zero-order valence-corrected chi connectivity index (χ0v) is 18.9. The van der Waals surface area contributed by atoms with Crippen molar-refractivity contribution in [3.63, 3.8) is 0 Å². The van der Waals surface area contributed by atoms with Crippen LogP contribution in [0, 0.1) is 11.7 Å². The molecular weight excluding hydrogens is 471 g/mol. The second kappa shape index (κ2) is 7.99. The highest BCUT2D eigenvalue weighted by molar-refractivity contribution is 7.11. The lowest BCUT2D eigenvalue weighted by atomic mass is 9.90. The summed E-state index contributed by atoms with van der Waals surface area (Å²) < 4.78 is 41.2. The fourth-order valence-electron chi connectivity index (χ4n) is 5.42. The highest BCUT2D eigenvalue weighted by atomic mass is 35.5. The molecule has 0 spiro atoms. The number of halogens is 4. The molecule has 1 aromatic carbocycles. The van der Waals surface area contributed by atoms with E-state index in [1.807, 2.05) is 5.38 Å². The first-order valence-corrected chi connectivity index (χ1v) is 12.0. The van der Waals surface area contributed by atoms with E-state index in [2.05, 4.69) is 15.0 Å². The van der Waals surface area contributed by atoms with Gasteiger partial charge in [0.15, 0.2) is 10.8 Å². The van der Waals surface area contributed by atoms with Crippen LogP contribution in [0.3, 0.4) is 0 Å². The molecule has 1 saturated heterocycles. The van der Waals surface area contributed by atoms with Gasteiger partial charge in [-0.1, -0.05) is 24.1 Å². The molecule has 2 unspecified atom stereocenters. The number of nitrogens with zero attached hydrogens (tertiary/aromatic N) is 5. The van der Waals surface area contributed by atoms with Crippen molar-refractivity contribution in [2.45, 2.75) is 44.3 Å². The summed E-state index contributed by atoms with van der Waals surface area (Å²) in [6.07, 6.45) is 8.68. The summed E-state index contributed by atoms with van der Waals surface area (Å²) in [6, 6.07) is 3.94. The van der Waals surface area contributed by atoms with Crippen LogP contribution in [0.25, 0.3) is 5.57 Å². The van der Waals surface area contributed by atoms with Crippen molar-refractivity contribution in [3.8, 4) is 0 Å². The lowest BCUT2D eigenvalue weighted by Crippen LogP contribution is -2.38. The van der Waals surface area contributed by atoms with E-state index in [1.165, 1.54) is 35.9 Å². The fourth-order valence-corrected chi connectivity index (χ4v) is 6.32. The normalized spacial score (nSPS) is 24.5. The molecule has 2 fully saturated rings. The molecule has 10 heteroatoms. The minimum absolute atomic E-state index is 0.244. The Morgan fingerprint density at radius 1 is 1.21 bits per heavy atom. The average Bonchev–Trinajstić information content (AvgIpc) is 3.57. The Balaban J connectivity index is 1.59. The molecule has 5 nitrogen and oxygen atoms in total. The third-order valence-electron chi connectivity index (χ3n) is 6.75. The highest BCUT2D eigenvalue weighted by Crippen LogP contribution is 2.52. The van der Waals surface area contributed by atoms with Gasteiger partial charge in [-0.3, -0.25) is 4.99 Å². The average molecular weight is 490 g/mol. The molecule has 33 heavy (non-hydrogen) atoms. The van der Waals surface area contributed by atoms with Crippen LogP contribution in [0.1, 0.15) is 54.4 Å². The van der Waals surface area contributed by atoms with E-state index >= 15 is 0 Å². The van der Waals surface area contributed by atoms with Crippen molar-refractivity contribution in [2.75, 3.05) is 0 Å². The number of alkyl halides is 2. The van der Waals surface area contributed by atoms with Crippen LogP contribution < -0.4 is 0 Å². The molecule has 0 amide bonds. The maximum absolute atomic E-state index is 13.9. The summed E-state index contributed by atoms with van der Waals surface area (Å²) in [4.78, 5) is 11.9. The number of amidine groups is 1. The lowest BCUT2D eigenvalue weighted by Gasteiger charge is -2.35. The Morgan fingerprint density at radius 3 is 2.82 bits per heavy atom. The van der Waals surface area contributed by atoms with E-state index in [9.17, 15) is 13.2 Å². The van der Waals surface area contributed by atoms with Crippen LogP contribution in [0.15, 0.2) is 52.9 Å². The summed E-state index contributed by atoms with van der Waals surface area (Å²) in [7, 11) is 0. The number of aromatic nitrogens is 3. The maximum atomic E-state index is 13.9. The van der Waals surface area contributed by atoms with Gasteiger partial charge in [-0.25, -0.2) is 14.1 Å². The number of aliphatic imine (C=N–C) groups is 1. The minimum Gasteiger partial charge on any atom is -0.324 e. The minimum atomic E-state index is -2.74. The monoisotopic (exact) mass is 489 g/mol. The number of hydrogen-bond acceptors (Lipinski definition) is 5. The lowest BCUT2D eigenvalue weighted by molar-refractivity contribution is 0.0566. The van der Waals surface area contributed by atoms with Gasteiger partial charge < -0.3 is 4.90 Å². The standard InChI is InChI=1S/C23H19ClF3N5S/c24-16-9-14(25)4-5-15(16)20-19(13-10-29-31(11-13)23(26)27)18-8-12-2-1-3-17(12)32(18)21(30-20)22-28-6-7-33-22/h4-7,9-12,17,20,23H,1-3,8H2/t12?,17?,20-/m0/s1. The molecule has 3 aromatic rings. The molecule has 4 heterocycles. The van der Waals surface area contributed by atoms with Gasteiger partial charge in [-0.2, -0.15) is 13.9 Å². The van der Waals surface area contributed by atoms with Crippen molar-refractivity contribution in [2.24, 2.45) is 10.9 Å². The fraction of sp³-hybridized carbons (Fsp3) is 0.348. The number of rotatable bonds is 4. The van der Waals surface area contributed by atoms with Crippen LogP contribution in [0.4, 0.5) is 13.2 Å². The van der Waals surface area contributed by atoms with Crippen molar-refractivity contribution >= 4 is 34.3 Å². The summed E-state index contributed by atoms with van der Waals surface area (Å²) in [6.45, 7) is -2.74. The Hall–Kier alpha value is -2.65. The maximum Gasteiger partial charge on any atom is 0.333 e. The van der Waals surface area contributed by atoms with Crippen molar-refractivity contribution in [3.05, 3.63) is 74.8 Å². The van der Waals surface area contributed by atoms with Crippen LogP contribution >= 0.6 is 22.9 Å². The largest absolute Gasteiger partial charge is 0.333 e. The second-order valence-electron chi connectivity index (χ2n) is 8.54. The first kappa shape index (κ1) is 20.9. The first-order chi connectivity index (χ1) is 16.0. The van der Waals surface area contributed by atoms with Gasteiger partial charge in [0.25, 0.3) is 0 Å². The van der Waals surface area contributed by atoms with Crippen molar-refractivity contribution in [1.29, 1.82) is 0 Å². The van der Waals surface area contributed by atoms with E-state index < -0.39 is 18.4 Å². The van der Waals surface area contributed by atoms with E-state index in [1.54, 1.807) is 12.3 Å². The number of benzene rings is 1. The van der Waals surface area contributed by atoms with Gasteiger partial charge in [0.1, 0.15) is 11.9 Å². The summed E-state index contributed by atoms with van der Waals surface area (Å²) in [5, 5.41) is 6.82. The molecule has 2 aliphatic heterocycles. The quantitative estimate of drug-likeness (QED) is 0.431. The second-order valence-corrected chi connectivity index (χ2v) is 9.84. The number of allylic oxidation sites excluding steroid dienone is 1. The highest BCUT2D eigenvalue weighted by Gasteiger charge is 2.47. The van der Waals surface area contributed by atoms with Crippen LogP contribution in [-0.4, -0.2) is 31.5 Å². The molecule has 0 radical (unpaired) electrons. The smallest absolute Gasteiger partial charge is 0.324 e. The van der Waals surface area contributed by atoms with Gasteiger partial charge >= 0.3 is 6.55 Å². The molecule has 3 aliphatic rings. The van der Waals surface area contributed by atoms with E-state index in [0.29, 0.717) is 27.8 Å². The summed E-state index contributed by atoms with van der Waals surface area (Å²) in [5.74, 6) is 0.790. The Morgan fingerprint density at radius 2 is 2.09 bits per heavy atom. The number of hydrogen-bond donors (Lipinski definition) is 0. The zero-order valence-electron chi connectivity index (χ0n) is 17.3. The topological polar surface area (TPSA) is 46.3 Å². The third-order valence-corrected chi connectivity index (χ3v) is 7.85. The molecule has 1 aliphatic carbocycles. The van der Waals surface area contributed by atoms with Crippen molar-refractivity contribution in [1.82, 2.24) is 19.7 Å². The van der Waals surface area contributed by atoms with E-state index in [0.717, 1.165) is 47.8 Å². The molecule has 170 valence electrons. The third kappa shape index (κ3) is 3.40. The van der Waals surface area contributed by atoms with Crippen LogP contribution in [0.5, 0.6) is 0 Å². The van der Waals surface area contributed by atoms with Gasteiger partial charge in [0, 0.05) is 45.7 Å². The summed E-state index contributed by atoms with van der Waals surface area (Å²) in [5.41, 5.74) is 3.04. The molecule has 2 aromatic heterocycles. The van der Waals surface area contributed by atoms with Gasteiger partial charge in [-0.15, -0.1) is 11.3 Å². The first-order valence-electron chi connectivity index (χ1n) is 10.8. The van der Waals surface area contributed by atoms with Gasteiger partial charge in [0.2, 0.25) is 0 Å². The van der Waals surface area contributed by atoms with Crippen molar-refractivity contribution < 1.29 is 13.2 Å². The Labute approximate surface area is 197 Å². The van der Waals surface area contributed by atoms with Gasteiger partial charge in [0.05, 0.1) is 6.20 Å². The Bertz CT molecular complexity index is 1270.